The molecule has 0 spiro atoms. The third-order valence-electron chi connectivity index (χ3n) is 4.47. The Morgan fingerprint density at radius 1 is 1.12 bits per heavy atom. The normalized spacial score (nSPS) is 12.0. The molecule has 1 aromatic heterocycles. The van der Waals surface area contributed by atoms with E-state index in [4.69, 9.17) is 0 Å². The molecule has 2 N–H and O–H groups in total. The van der Waals surface area contributed by atoms with Gasteiger partial charge >= 0.3 is 0 Å². The van der Waals surface area contributed by atoms with Gasteiger partial charge in [-0.15, -0.1) is 5.10 Å². The van der Waals surface area contributed by atoms with E-state index in [2.05, 4.69) is 15.6 Å². The van der Waals surface area contributed by atoms with Crippen LogP contribution in [0.3, 0.4) is 0 Å². The van der Waals surface area contributed by atoms with Crippen molar-refractivity contribution in [2.24, 2.45) is 0 Å². The lowest BCUT2D eigenvalue weighted by Gasteiger charge is -2.09. The second-order valence-electron chi connectivity index (χ2n) is 6.46. The van der Waals surface area contributed by atoms with Crippen molar-refractivity contribution < 1.29 is 9.90 Å². The van der Waals surface area contributed by atoms with Gasteiger partial charge in [-0.2, -0.15) is 0 Å². The van der Waals surface area contributed by atoms with Crippen LogP contribution in [0, 0.1) is 20.8 Å². The van der Waals surface area contributed by atoms with Crippen LogP contribution in [0.25, 0.3) is 5.69 Å². The molecule has 0 aliphatic carbocycles. The Balaban J connectivity index is 1.86. The van der Waals surface area contributed by atoms with E-state index in [0.29, 0.717) is 11.4 Å². The average Bonchev–Trinajstić information content (AvgIpc) is 2.99. The predicted octanol–water partition coefficient (Wildman–Crippen LogP) is 3.50. The minimum Gasteiger partial charge on any atom is -0.389 e. The zero-order valence-electron chi connectivity index (χ0n) is 15.3. The first-order chi connectivity index (χ1) is 12.4. The fourth-order valence-corrected chi connectivity index (χ4v) is 2.71. The Kier molecular flexibility index (Phi) is 4.86. The zero-order valence-corrected chi connectivity index (χ0v) is 15.3. The molecule has 0 aliphatic heterocycles. The summed E-state index contributed by atoms with van der Waals surface area (Å²) in [5.74, 6) is -0.333. The van der Waals surface area contributed by atoms with Crippen molar-refractivity contribution in [2.45, 2.75) is 33.8 Å². The predicted molar refractivity (Wildman–Crippen MR) is 101 cm³/mol. The topological polar surface area (TPSA) is 80.0 Å². The first-order valence-corrected chi connectivity index (χ1v) is 8.46. The summed E-state index contributed by atoms with van der Waals surface area (Å²) in [6.45, 7) is 7.58. The second-order valence-corrected chi connectivity index (χ2v) is 6.46. The van der Waals surface area contributed by atoms with Crippen LogP contribution >= 0.6 is 0 Å². The largest absolute Gasteiger partial charge is 0.389 e. The first-order valence-electron chi connectivity index (χ1n) is 8.46. The molecule has 2 aromatic carbocycles. The van der Waals surface area contributed by atoms with E-state index < -0.39 is 6.10 Å². The van der Waals surface area contributed by atoms with E-state index in [0.717, 1.165) is 16.8 Å². The number of nitrogens with zero attached hydrogens (tertiary/aromatic N) is 3. The molecule has 3 aromatic rings. The van der Waals surface area contributed by atoms with Crippen molar-refractivity contribution in [3.05, 3.63) is 70.5 Å². The second kappa shape index (κ2) is 7.09. The molecule has 1 atom stereocenters. The van der Waals surface area contributed by atoms with Crippen LogP contribution in [0.2, 0.25) is 0 Å². The number of anilines is 1. The fourth-order valence-electron chi connectivity index (χ4n) is 2.71. The summed E-state index contributed by atoms with van der Waals surface area (Å²) in [7, 11) is 0. The van der Waals surface area contributed by atoms with Crippen molar-refractivity contribution >= 4 is 11.6 Å². The summed E-state index contributed by atoms with van der Waals surface area (Å²) in [6, 6.07) is 13.1. The van der Waals surface area contributed by atoms with Gasteiger partial charge in [0.25, 0.3) is 5.91 Å². The van der Waals surface area contributed by atoms with Crippen molar-refractivity contribution in [3.63, 3.8) is 0 Å². The van der Waals surface area contributed by atoms with Crippen LogP contribution < -0.4 is 5.32 Å². The van der Waals surface area contributed by atoms with Gasteiger partial charge in [-0.25, -0.2) is 4.68 Å². The molecule has 0 bridgehead atoms. The number of amides is 1. The average molecular weight is 350 g/mol. The Bertz CT molecular complexity index is 960. The van der Waals surface area contributed by atoms with E-state index in [1.54, 1.807) is 29.8 Å². The highest BCUT2D eigenvalue weighted by Crippen LogP contribution is 2.19. The number of hydrogen-bond donors (Lipinski definition) is 2. The molecule has 1 unspecified atom stereocenters. The lowest BCUT2D eigenvalue weighted by atomic mass is 10.1. The number of nitrogens with one attached hydrogen (secondary N) is 1. The molecule has 0 aliphatic rings. The molecule has 3 rings (SSSR count). The number of carbonyl (C=O) groups is 1. The van der Waals surface area contributed by atoms with Gasteiger partial charge in [0.05, 0.1) is 17.5 Å². The number of hydrogen-bond acceptors (Lipinski definition) is 4. The van der Waals surface area contributed by atoms with E-state index in [1.807, 2.05) is 45.0 Å². The summed E-state index contributed by atoms with van der Waals surface area (Å²) in [5, 5.41) is 20.7. The third-order valence-corrected chi connectivity index (χ3v) is 4.47. The van der Waals surface area contributed by atoms with E-state index >= 15 is 0 Å². The summed E-state index contributed by atoms with van der Waals surface area (Å²) < 4.78 is 1.66. The standard InChI is InChI=1S/C20H22N4O2/c1-12-8-9-18(10-13(12)2)24-14(3)19(22-23-24)20(26)21-17-7-5-6-16(11-17)15(4)25/h5-11,15,25H,1-4H3,(H,21,26). The summed E-state index contributed by atoms with van der Waals surface area (Å²) in [4.78, 5) is 12.6. The Morgan fingerprint density at radius 3 is 2.58 bits per heavy atom. The van der Waals surface area contributed by atoms with Crippen LogP contribution in [0.4, 0.5) is 5.69 Å². The van der Waals surface area contributed by atoms with E-state index in [1.165, 1.54) is 5.56 Å². The molecule has 0 saturated carbocycles. The highest BCUT2D eigenvalue weighted by Gasteiger charge is 2.18. The summed E-state index contributed by atoms with van der Waals surface area (Å²) >= 11 is 0. The van der Waals surface area contributed by atoms with E-state index in [-0.39, 0.29) is 11.6 Å². The van der Waals surface area contributed by atoms with Crippen LogP contribution in [-0.2, 0) is 0 Å². The molecule has 6 heteroatoms. The fraction of sp³-hybridized carbons (Fsp3) is 0.250. The van der Waals surface area contributed by atoms with Crippen molar-refractivity contribution in [2.75, 3.05) is 5.32 Å². The molecular weight excluding hydrogens is 328 g/mol. The summed E-state index contributed by atoms with van der Waals surface area (Å²) in [6.07, 6.45) is -0.598. The van der Waals surface area contributed by atoms with Crippen molar-refractivity contribution in [3.8, 4) is 5.69 Å². The monoisotopic (exact) mass is 350 g/mol. The van der Waals surface area contributed by atoms with Crippen molar-refractivity contribution in [1.29, 1.82) is 0 Å². The molecule has 0 fully saturated rings. The minimum absolute atomic E-state index is 0.269. The van der Waals surface area contributed by atoms with Gasteiger partial charge in [0.2, 0.25) is 0 Å². The van der Waals surface area contributed by atoms with Gasteiger partial charge in [0.15, 0.2) is 5.69 Å². The zero-order chi connectivity index (χ0) is 18.8. The third kappa shape index (κ3) is 3.50. The number of carbonyl (C=O) groups excluding carboxylic acids is 1. The van der Waals surface area contributed by atoms with Gasteiger partial charge < -0.3 is 10.4 Å². The number of aryl methyl sites for hydroxylation is 2. The van der Waals surface area contributed by atoms with Gasteiger partial charge in [0.1, 0.15) is 0 Å². The van der Waals surface area contributed by atoms with E-state index in [9.17, 15) is 9.90 Å². The van der Waals surface area contributed by atoms with Gasteiger partial charge in [-0.05, 0) is 68.7 Å². The van der Waals surface area contributed by atoms with Gasteiger partial charge in [-0.3, -0.25) is 4.79 Å². The Labute approximate surface area is 152 Å². The number of benzene rings is 2. The molecular formula is C20H22N4O2. The van der Waals surface area contributed by atoms with Crippen LogP contribution in [0.15, 0.2) is 42.5 Å². The molecule has 26 heavy (non-hydrogen) atoms. The number of aromatic nitrogens is 3. The van der Waals surface area contributed by atoms with Crippen LogP contribution in [0.1, 0.15) is 45.9 Å². The van der Waals surface area contributed by atoms with Crippen LogP contribution in [0.5, 0.6) is 0 Å². The SMILES string of the molecule is Cc1ccc(-n2nnc(C(=O)Nc3cccc(C(C)O)c3)c2C)cc1C. The molecule has 1 heterocycles. The molecule has 0 saturated heterocycles. The highest BCUT2D eigenvalue weighted by atomic mass is 16.3. The maximum absolute atomic E-state index is 12.6. The Hall–Kier alpha value is -2.99. The van der Waals surface area contributed by atoms with Crippen LogP contribution in [-0.4, -0.2) is 26.0 Å². The smallest absolute Gasteiger partial charge is 0.278 e. The molecule has 6 nitrogen and oxygen atoms in total. The number of aliphatic hydroxyl groups is 1. The first kappa shape index (κ1) is 17.8. The quantitative estimate of drug-likeness (QED) is 0.755. The molecule has 1 amide bonds. The lowest BCUT2D eigenvalue weighted by Crippen LogP contribution is -2.14. The molecule has 134 valence electrons. The Morgan fingerprint density at radius 2 is 1.88 bits per heavy atom. The van der Waals surface area contributed by atoms with Gasteiger partial charge in [-0.1, -0.05) is 23.4 Å². The summed E-state index contributed by atoms with van der Waals surface area (Å²) in [5.41, 5.74) is 5.49. The molecule has 0 radical (unpaired) electrons. The van der Waals surface area contributed by atoms with Gasteiger partial charge in [0, 0.05) is 5.69 Å². The maximum Gasteiger partial charge on any atom is 0.278 e. The lowest BCUT2D eigenvalue weighted by molar-refractivity contribution is 0.102. The minimum atomic E-state index is -0.598. The number of aliphatic hydroxyl groups excluding tert-OH is 1. The maximum atomic E-state index is 12.6. The number of rotatable bonds is 4. The van der Waals surface area contributed by atoms with Crippen molar-refractivity contribution in [1.82, 2.24) is 15.0 Å². The highest BCUT2D eigenvalue weighted by molar-refractivity contribution is 6.03.